The largest absolute Gasteiger partial charge is 0.494 e. The third-order valence-electron chi connectivity index (χ3n) is 3.04. The molecule has 0 amide bonds. The first-order valence-corrected chi connectivity index (χ1v) is 7.85. The third-order valence-corrected chi connectivity index (χ3v) is 4.82. The number of hydrogen-bond acceptors (Lipinski definition) is 4. The van der Waals surface area contributed by atoms with Crippen LogP contribution in [0, 0.1) is 6.92 Å². The number of nitrogens with one attached hydrogen (secondary N) is 1. The van der Waals surface area contributed by atoms with Gasteiger partial charge in [-0.05, 0) is 42.0 Å². The number of benzene rings is 1. The van der Waals surface area contributed by atoms with Gasteiger partial charge in [0.05, 0.1) is 17.7 Å². The van der Waals surface area contributed by atoms with Crippen LogP contribution >= 0.6 is 22.9 Å². The molecule has 0 saturated heterocycles. The Hall–Kier alpha value is -1.07. The summed E-state index contributed by atoms with van der Waals surface area (Å²) in [5.74, 6) is 6.57. The van der Waals surface area contributed by atoms with E-state index in [9.17, 15) is 0 Å². The lowest BCUT2D eigenvalue weighted by Crippen LogP contribution is -2.28. The van der Waals surface area contributed by atoms with E-state index in [0.29, 0.717) is 0 Å². The molecule has 20 heavy (non-hydrogen) atoms. The molecule has 1 aromatic heterocycles. The van der Waals surface area contributed by atoms with Crippen LogP contribution in [0.5, 0.6) is 5.75 Å². The van der Waals surface area contributed by atoms with E-state index in [4.69, 9.17) is 22.2 Å². The summed E-state index contributed by atoms with van der Waals surface area (Å²) in [5.41, 5.74) is 4.98. The van der Waals surface area contributed by atoms with Crippen LogP contribution < -0.4 is 16.0 Å². The fraction of sp³-hybridized carbons (Fsp3) is 0.333. The molecule has 3 N–H and O–H groups in total. The van der Waals surface area contributed by atoms with Crippen LogP contribution in [-0.4, -0.2) is 6.61 Å². The fourth-order valence-electron chi connectivity index (χ4n) is 1.94. The Morgan fingerprint density at radius 2 is 2.05 bits per heavy atom. The zero-order valence-corrected chi connectivity index (χ0v) is 13.2. The molecule has 1 heterocycles. The molecule has 0 aliphatic carbocycles. The van der Waals surface area contributed by atoms with Gasteiger partial charge in [0.25, 0.3) is 0 Å². The lowest BCUT2D eigenvalue weighted by Gasteiger charge is -2.16. The first-order valence-electron chi connectivity index (χ1n) is 6.59. The molecule has 0 aliphatic heterocycles. The summed E-state index contributed by atoms with van der Waals surface area (Å²) in [7, 11) is 0. The summed E-state index contributed by atoms with van der Waals surface area (Å²) in [6, 6.07) is 7.86. The number of rotatable bonds is 6. The highest BCUT2D eigenvalue weighted by Gasteiger charge is 2.18. The normalized spacial score (nSPS) is 12.4. The summed E-state index contributed by atoms with van der Waals surface area (Å²) in [6.07, 6.45) is 0.999. The van der Waals surface area contributed by atoms with Crippen LogP contribution in [0.15, 0.2) is 29.6 Å². The van der Waals surface area contributed by atoms with E-state index in [1.54, 1.807) is 11.3 Å². The van der Waals surface area contributed by atoms with Gasteiger partial charge in [-0.1, -0.05) is 30.7 Å². The first-order chi connectivity index (χ1) is 9.67. The molecule has 1 unspecified atom stereocenters. The van der Waals surface area contributed by atoms with Gasteiger partial charge in [0.15, 0.2) is 0 Å². The molecule has 3 nitrogen and oxygen atoms in total. The van der Waals surface area contributed by atoms with Crippen molar-refractivity contribution in [2.45, 2.75) is 26.3 Å². The molecule has 0 radical (unpaired) electrons. The number of hydrazine groups is 1. The van der Waals surface area contributed by atoms with Gasteiger partial charge >= 0.3 is 0 Å². The second kappa shape index (κ2) is 7.09. The number of halogens is 1. The molecule has 5 heteroatoms. The predicted molar refractivity (Wildman–Crippen MR) is 85.5 cm³/mol. The smallest absolute Gasteiger partial charge is 0.119 e. The molecular weight excluding hydrogens is 292 g/mol. The van der Waals surface area contributed by atoms with Crippen LogP contribution in [0.1, 0.15) is 35.4 Å². The van der Waals surface area contributed by atoms with Crippen molar-refractivity contribution in [2.75, 3.05) is 6.61 Å². The summed E-state index contributed by atoms with van der Waals surface area (Å²) >= 11 is 7.94. The molecule has 1 aromatic carbocycles. The second-order valence-corrected chi connectivity index (χ2v) is 5.90. The van der Waals surface area contributed by atoms with Crippen LogP contribution in [0.25, 0.3) is 0 Å². The van der Waals surface area contributed by atoms with E-state index in [0.717, 1.165) is 39.8 Å². The standard InChI is InChI=1S/C15H19ClN2OS/c1-3-8-19-12-6-4-11(5-7-12)14(18-17)15-13(16)10(2)9-20-15/h4-7,9,14,18H,3,8,17H2,1-2H3. The predicted octanol–water partition coefficient (Wildman–Crippen LogP) is 4.05. The molecule has 2 rings (SSSR count). The quantitative estimate of drug-likeness (QED) is 0.625. The van der Waals surface area contributed by atoms with Gasteiger partial charge in [0.2, 0.25) is 0 Å². The van der Waals surface area contributed by atoms with Gasteiger partial charge in [0.1, 0.15) is 5.75 Å². The average molecular weight is 311 g/mol. The van der Waals surface area contributed by atoms with Gasteiger partial charge < -0.3 is 4.74 Å². The van der Waals surface area contributed by atoms with E-state index >= 15 is 0 Å². The van der Waals surface area contributed by atoms with Crippen molar-refractivity contribution in [2.24, 2.45) is 5.84 Å². The maximum Gasteiger partial charge on any atom is 0.119 e. The molecule has 0 bridgehead atoms. The Morgan fingerprint density at radius 1 is 1.35 bits per heavy atom. The minimum atomic E-state index is -0.0959. The Balaban J connectivity index is 2.21. The number of thiophene rings is 1. The van der Waals surface area contributed by atoms with Gasteiger partial charge in [-0.25, -0.2) is 5.43 Å². The highest BCUT2D eigenvalue weighted by atomic mass is 35.5. The van der Waals surface area contributed by atoms with E-state index in [-0.39, 0.29) is 6.04 Å². The lowest BCUT2D eigenvalue weighted by molar-refractivity contribution is 0.317. The Bertz CT molecular complexity index is 554. The van der Waals surface area contributed by atoms with Crippen LogP contribution in [0.2, 0.25) is 5.02 Å². The Labute approximate surface area is 128 Å². The SMILES string of the molecule is CCCOc1ccc(C(NN)c2scc(C)c2Cl)cc1. The number of nitrogens with two attached hydrogens (primary N) is 1. The van der Waals surface area contributed by atoms with Crippen molar-refractivity contribution in [3.8, 4) is 5.75 Å². The number of ether oxygens (including phenoxy) is 1. The van der Waals surface area contributed by atoms with Crippen molar-refractivity contribution < 1.29 is 4.74 Å². The van der Waals surface area contributed by atoms with Gasteiger partial charge in [-0.3, -0.25) is 5.84 Å². The number of hydrogen-bond donors (Lipinski definition) is 2. The van der Waals surface area contributed by atoms with Crippen LogP contribution in [0.3, 0.4) is 0 Å². The summed E-state index contributed by atoms with van der Waals surface area (Å²) < 4.78 is 5.58. The van der Waals surface area contributed by atoms with E-state index in [2.05, 4.69) is 12.3 Å². The number of aryl methyl sites for hydroxylation is 1. The monoisotopic (exact) mass is 310 g/mol. The third kappa shape index (κ3) is 3.33. The zero-order chi connectivity index (χ0) is 14.5. The van der Waals surface area contributed by atoms with E-state index in [1.807, 2.05) is 36.6 Å². The second-order valence-electron chi connectivity index (χ2n) is 4.61. The highest BCUT2D eigenvalue weighted by Crippen LogP contribution is 2.35. The Morgan fingerprint density at radius 3 is 2.55 bits per heavy atom. The lowest BCUT2D eigenvalue weighted by atomic mass is 10.1. The van der Waals surface area contributed by atoms with Crippen molar-refractivity contribution in [1.82, 2.24) is 5.43 Å². The van der Waals surface area contributed by atoms with Gasteiger partial charge in [-0.15, -0.1) is 11.3 Å². The first kappa shape index (κ1) is 15.3. The molecular formula is C15H19ClN2OS. The van der Waals surface area contributed by atoms with E-state index in [1.165, 1.54) is 0 Å². The molecule has 1 atom stereocenters. The summed E-state index contributed by atoms with van der Waals surface area (Å²) in [6.45, 7) is 4.81. The van der Waals surface area contributed by atoms with Gasteiger partial charge in [-0.2, -0.15) is 0 Å². The molecule has 0 fully saturated rings. The molecule has 2 aromatic rings. The van der Waals surface area contributed by atoms with Crippen LogP contribution in [0.4, 0.5) is 0 Å². The molecule has 0 saturated carbocycles. The van der Waals surface area contributed by atoms with Gasteiger partial charge in [0, 0.05) is 4.88 Å². The Kier molecular flexibility index (Phi) is 5.43. The highest BCUT2D eigenvalue weighted by molar-refractivity contribution is 7.10. The maximum absolute atomic E-state index is 6.32. The van der Waals surface area contributed by atoms with Crippen molar-refractivity contribution in [1.29, 1.82) is 0 Å². The minimum absolute atomic E-state index is 0.0959. The minimum Gasteiger partial charge on any atom is -0.494 e. The zero-order valence-electron chi connectivity index (χ0n) is 11.7. The fourth-order valence-corrected chi connectivity index (χ4v) is 3.33. The van der Waals surface area contributed by atoms with Crippen molar-refractivity contribution in [3.05, 3.63) is 50.7 Å². The average Bonchev–Trinajstić information content (AvgIpc) is 2.80. The summed E-state index contributed by atoms with van der Waals surface area (Å²) in [5, 5.41) is 2.82. The van der Waals surface area contributed by atoms with Crippen molar-refractivity contribution >= 4 is 22.9 Å². The molecule has 108 valence electrons. The van der Waals surface area contributed by atoms with Crippen LogP contribution in [-0.2, 0) is 0 Å². The topological polar surface area (TPSA) is 47.3 Å². The maximum atomic E-state index is 6.32. The summed E-state index contributed by atoms with van der Waals surface area (Å²) in [4.78, 5) is 1.04. The molecule has 0 spiro atoms. The van der Waals surface area contributed by atoms with Crippen molar-refractivity contribution in [3.63, 3.8) is 0 Å². The molecule has 0 aliphatic rings. The van der Waals surface area contributed by atoms with E-state index < -0.39 is 0 Å².